The second-order valence-corrected chi connectivity index (χ2v) is 6.59. The summed E-state index contributed by atoms with van der Waals surface area (Å²) in [7, 11) is 0. The summed E-state index contributed by atoms with van der Waals surface area (Å²) >= 11 is 0. The largest absolute Gasteiger partial charge is 0.482 e. The number of nitro groups is 1. The number of nitrogens with one attached hydrogen (secondary N) is 1. The second kappa shape index (κ2) is 8.01. The zero-order valence-corrected chi connectivity index (χ0v) is 15.6. The third kappa shape index (κ3) is 4.50. The average molecular weight is 423 g/mol. The molecule has 2 amide bonds. The third-order valence-corrected chi connectivity index (χ3v) is 4.49. The minimum atomic E-state index is -4.52. The first-order valence-corrected chi connectivity index (χ1v) is 8.74. The molecule has 8 nitrogen and oxygen atoms in total. The summed E-state index contributed by atoms with van der Waals surface area (Å²) in [5.74, 6) is -1.02. The van der Waals surface area contributed by atoms with Gasteiger partial charge in [-0.25, -0.2) is 0 Å². The van der Waals surface area contributed by atoms with Crippen LogP contribution < -0.4 is 15.0 Å². The van der Waals surface area contributed by atoms with Crippen molar-refractivity contribution in [3.63, 3.8) is 0 Å². The van der Waals surface area contributed by atoms with Gasteiger partial charge in [0.25, 0.3) is 11.6 Å². The highest BCUT2D eigenvalue weighted by Gasteiger charge is 2.32. The van der Waals surface area contributed by atoms with Gasteiger partial charge in [0, 0.05) is 12.1 Å². The number of amides is 2. The molecule has 3 rings (SSSR count). The van der Waals surface area contributed by atoms with E-state index in [-0.39, 0.29) is 29.3 Å². The molecule has 0 bridgehead atoms. The lowest BCUT2D eigenvalue weighted by Crippen LogP contribution is -2.45. The van der Waals surface area contributed by atoms with Gasteiger partial charge < -0.3 is 10.1 Å². The van der Waals surface area contributed by atoms with Gasteiger partial charge in [0.1, 0.15) is 12.3 Å². The lowest BCUT2D eigenvalue weighted by molar-refractivity contribution is -0.384. The lowest BCUT2D eigenvalue weighted by Gasteiger charge is -2.29. The van der Waals surface area contributed by atoms with Crippen LogP contribution in [-0.4, -0.2) is 29.9 Å². The summed E-state index contributed by atoms with van der Waals surface area (Å²) in [6, 6.07) is 7.44. The number of halogens is 3. The van der Waals surface area contributed by atoms with E-state index in [2.05, 4.69) is 5.32 Å². The molecule has 1 atom stereocenters. The molecule has 0 aromatic heterocycles. The fourth-order valence-corrected chi connectivity index (χ4v) is 2.98. The number of carbonyl (C=O) groups is 2. The van der Waals surface area contributed by atoms with Gasteiger partial charge in [0.05, 0.1) is 22.2 Å². The Kier molecular flexibility index (Phi) is 5.63. The van der Waals surface area contributed by atoms with E-state index in [1.54, 1.807) is 0 Å². The molecule has 1 aliphatic heterocycles. The predicted molar refractivity (Wildman–Crippen MR) is 98.9 cm³/mol. The SMILES string of the molecule is CC(NC(=O)CN1C(=O)COc2ccc([N+](=O)[O-])cc21)c1cccc(C(F)(F)F)c1. The quantitative estimate of drug-likeness (QED) is 0.588. The van der Waals surface area contributed by atoms with Crippen LogP contribution in [0.2, 0.25) is 0 Å². The zero-order chi connectivity index (χ0) is 22.1. The van der Waals surface area contributed by atoms with Crippen molar-refractivity contribution in [3.05, 3.63) is 63.7 Å². The lowest BCUT2D eigenvalue weighted by atomic mass is 10.0. The third-order valence-electron chi connectivity index (χ3n) is 4.49. The molecule has 0 radical (unpaired) electrons. The van der Waals surface area contributed by atoms with E-state index in [9.17, 15) is 32.9 Å². The predicted octanol–water partition coefficient (Wildman–Crippen LogP) is 3.22. The van der Waals surface area contributed by atoms with Crippen molar-refractivity contribution in [2.45, 2.75) is 19.1 Å². The fraction of sp³-hybridized carbons (Fsp3) is 0.263. The van der Waals surface area contributed by atoms with E-state index in [1.807, 2.05) is 0 Å². The van der Waals surface area contributed by atoms with Crippen LogP contribution in [0.25, 0.3) is 0 Å². The number of nitro benzene ring substituents is 1. The number of fused-ring (bicyclic) bond motifs is 1. The molecule has 30 heavy (non-hydrogen) atoms. The minimum Gasteiger partial charge on any atom is -0.482 e. The number of anilines is 1. The summed E-state index contributed by atoms with van der Waals surface area (Å²) in [6.45, 7) is 0.689. The first-order chi connectivity index (χ1) is 14.1. The molecule has 1 aliphatic rings. The summed E-state index contributed by atoms with van der Waals surface area (Å²) in [5, 5.41) is 13.5. The molecule has 0 saturated heterocycles. The van der Waals surface area contributed by atoms with E-state index in [0.717, 1.165) is 23.1 Å². The zero-order valence-electron chi connectivity index (χ0n) is 15.6. The Bertz CT molecular complexity index is 1010. The number of nitrogens with zero attached hydrogens (tertiary/aromatic N) is 2. The normalized spacial score (nSPS) is 14.5. The van der Waals surface area contributed by atoms with Gasteiger partial charge in [-0.15, -0.1) is 0 Å². The number of alkyl halides is 3. The molecule has 1 unspecified atom stereocenters. The Morgan fingerprint density at radius 3 is 2.70 bits per heavy atom. The first-order valence-electron chi connectivity index (χ1n) is 8.74. The maximum absolute atomic E-state index is 12.9. The van der Waals surface area contributed by atoms with Crippen LogP contribution in [0.4, 0.5) is 24.5 Å². The Morgan fingerprint density at radius 2 is 2.03 bits per heavy atom. The summed E-state index contributed by atoms with van der Waals surface area (Å²) < 4.78 is 43.9. The Balaban J connectivity index is 1.76. The number of non-ortho nitro benzene ring substituents is 1. The van der Waals surface area contributed by atoms with Crippen molar-refractivity contribution in [2.75, 3.05) is 18.1 Å². The van der Waals surface area contributed by atoms with Crippen molar-refractivity contribution >= 4 is 23.2 Å². The summed E-state index contributed by atoms with van der Waals surface area (Å²) in [6.07, 6.45) is -4.52. The number of benzene rings is 2. The van der Waals surface area contributed by atoms with E-state index in [1.165, 1.54) is 31.2 Å². The first kappa shape index (κ1) is 21.1. The van der Waals surface area contributed by atoms with Gasteiger partial charge in [-0.3, -0.25) is 24.6 Å². The van der Waals surface area contributed by atoms with E-state index < -0.39 is 41.1 Å². The highest BCUT2D eigenvalue weighted by Crippen LogP contribution is 2.35. The van der Waals surface area contributed by atoms with Crippen LogP contribution in [0, 0.1) is 10.1 Å². The monoisotopic (exact) mass is 423 g/mol. The van der Waals surface area contributed by atoms with Crippen molar-refractivity contribution < 1.29 is 32.4 Å². The molecule has 11 heteroatoms. The number of carbonyl (C=O) groups excluding carboxylic acids is 2. The van der Waals surface area contributed by atoms with Crippen LogP contribution in [-0.2, 0) is 15.8 Å². The van der Waals surface area contributed by atoms with Gasteiger partial charge in [0.2, 0.25) is 5.91 Å². The summed E-state index contributed by atoms with van der Waals surface area (Å²) in [5.41, 5.74) is -0.815. The van der Waals surface area contributed by atoms with Crippen LogP contribution in [0.15, 0.2) is 42.5 Å². The van der Waals surface area contributed by atoms with Gasteiger partial charge in [-0.2, -0.15) is 13.2 Å². The fourth-order valence-electron chi connectivity index (χ4n) is 2.98. The molecule has 158 valence electrons. The number of hydrogen-bond donors (Lipinski definition) is 1. The second-order valence-electron chi connectivity index (χ2n) is 6.59. The molecular weight excluding hydrogens is 407 g/mol. The molecular formula is C19H16F3N3O5. The van der Waals surface area contributed by atoms with E-state index in [0.29, 0.717) is 0 Å². The highest BCUT2D eigenvalue weighted by molar-refractivity contribution is 6.02. The Labute approximate surface area is 168 Å². The topological polar surface area (TPSA) is 102 Å². The summed E-state index contributed by atoms with van der Waals surface area (Å²) in [4.78, 5) is 36.1. The maximum atomic E-state index is 12.9. The number of hydrogen-bond acceptors (Lipinski definition) is 5. The highest BCUT2D eigenvalue weighted by atomic mass is 19.4. The molecule has 1 N–H and O–H groups in total. The molecule has 2 aromatic rings. The number of rotatable bonds is 5. The Morgan fingerprint density at radius 1 is 1.30 bits per heavy atom. The average Bonchev–Trinajstić information content (AvgIpc) is 2.69. The van der Waals surface area contributed by atoms with E-state index in [4.69, 9.17) is 4.74 Å². The molecule has 0 fully saturated rings. The van der Waals surface area contributed by atoms with Crippen LogP contribution in [0.1, 0.15) is 24.1 Å². The molecule has 0 aliphatic carbocycles. The van der Waals surface area contributed by atoms with Gasteiger partial charge >= 0.3 is 6.18 Å². The Hall–Kier alpha value is -3.63. The van der Waals surface area contributed by atoms with Gasteiger partial charge in [-0.1, -0.05) is 12.1 Å². The van der Waals surface area contributed by atoms with Crippen LogP contribution in [0.3, 0.4) is 0 Å². The molecule has 0 spiro atoms. The van der Waals surface area contributed by atoms with Gasteiger partial charge in [0.15, 0.2) is 6.61 Å². The van der Waals surface area contributed by atoms with Crippen molar-refractivity contribution in [1.82, 2.24) is 5.32 Å². The maximum Gasteiger partial charge on any atom is 0.416 e. The van der Waals surface area contributed by atoms with Gasteiger partial charge in [-0.05, 0) is 30.7 Å². The molecule has 2 aromatic carbocycles. The number of ether oxygens (including phenoxy) is 1. The van der Waals surface area contributed by atoms with Crippen LogP contribution in [0.5, 0.6) is 5.75 Å². The smallest absolute Gasteiger partial charge is 0.416 e. The standard InChI is InChI=1S/C19H16F3N3O5/c1-11(12-3-2-4-13(7-12)19(20,21)22)23-17(26)9-24-15-8-14(25(28)29)5-6-16(15)30-10-18(24)27/h2-8,11H,9-10H2,1H3,(H,23,26). The molecule has 0 saturated carbocycles. The molecule has 1 heterocycles. The van der Waals surface area contributed by atoms with Crippen molar-refractivity contribution in [2.24, 2.45) is 0 Å². The van der Waals surface area contributed by atoms with Crippen molar-refractivity contribution in [1.29, 1.82) is 0 Å². The minimum absolute atomic E-state index is 0.0716. The van der Waals surface area contributed by atoms with Crippen LogP contribution >= 0.6 is 0 Å². The van der Waals surface area contributed by atoms with E-state index >= 15 is 0 Å². The van der Waals surface area contributed by atoms with Crippen molar-refractivity contribution in [3.8, 4) is 5.75 Å².